The van der Waals surface area contributed by atoms with Gasteiger partial charge in [-0.05, 0) is 61.7 Å². The van der Waals surface area contributed by atoms with Crippen molar-refractivity contribution in [3.8, 4) is 11.4 Å². The summed E-state index contributed by atoms with van der Waals surface area (Å²) in [5.74, 6) is 0. The molecule has 4 heterocycles. The maximum absolute atomic E-state index is 4.88. The van der Waals surface area contributed by atoms with Crippen molar-refractivity contribution in [3.63, 3.8) is 0 Å². The Bertz CT molecular complexity index is 2620. The fraction of sp³-hybridized carbons (Fsp3) is 0.0256. The highest BCUT2D eigenvalue weighted by atomic mass is 15.1. The molecular formula is C39H27N5. The molecule has 0 unspecified atom stereocenters. The van der Waals surface area contributed by atoms with Crippen molar-refractivity contribution in [3.05, 3.63) is 139 Å². The van der Waals surface area contributed by atoms with E-state index in [2.05, 4.69) is 148 Å². The summed E-state index contributed by atoms with van der Waals surface area (Å²) in [6.45, 7) is 5.92. The van der Waals surface area contributed by atoms with Crippen molar-refractivity contribution in [1.29, 1.82) is 0 Å². The van der Waals surface area contributed by atoms with Gasteiger partial charge in [-0.25, -0.2) is 4.98 Å². The third-order valence-corrected chi connectivity index (χ3v) is 8.97. The molecule has 5 heteroatoms. The second kappa shape index (κ2) is 9.28. The minimum Gasteiger partial charge on any atom is -0.309 e. The molecule has 0 spiro atoms. The van der Waals surface area contributed by atoms with E-state index in [0.29, 0.717) is 0 Å². The number of hydrogen-bond donors (Lipinski definition) is 0. The lowest BCUT2D eigenvalue weighted by Crippen LogP contribution is -2.01. The Hall–Kier alpha value is -5.94. The SMILES string of the molecule is C=N/C=C\c1c(C)c2c3c4ccccc4n(-c4ccccc4)c3c3c4ccccc4n(-c4ccccc4)c3c2n2ccnc12. The molecule has 0 aliphatic rings. The van der Waals surface area contributed by atoms with E-state index in [4.69, 9.17) is 4.98 Å². The van der Waals surface area contributed by atoms with Crippen molar-refractivity contribution < 1.29 is 0 Å². The van der Waals surface area contributed by atoms with E-state index in [9.17, 15) is 0 Å². The lowest BCUT2D eigenvalue weighted by molar-refractivity contribution is 1.16. The minimum absolute atomic E-state index is 0.896. The Morgan fingerprint density at radius 3 is 1.84 bits per heavy atom. The Balaban J connectivity index is 1.71. The number of para-hydroxylation sites is 4. The second-order valence-electron chi connectivity index (χ2n) is 11.2. The van der Waals surface area contributed by atoms with Crippen LogP contribution in [0.3, 0.4) is 0 Å². The molecule has 208 valence electrons. The molecule has 0 aliphatic carbocycles. The van der Waals surface area contributed by atoms with Crippen LogP contribution in [-0.4, -0.2) is 25.2 Å². The molecule has 0 amide bonds. The number of nitrogens with zero attached hydrogens (tertiary/aromatic N) is 5. The van der Waals surface area contributed by atoms with Crippen LogP contribution in [0.1, 0.15) is 11.1 Å². The number of aryl methyl sites for hydroxylation is 1. The first-order valence-corrected chi connectivity index (χ1v) is 14.8. The van der Waals surface area contributed by atoms with Crippen LogP contribution in [0, 0.1) is 6.92 Å². The van der Waals surface area contributed by atoms with Crippen LogP contribution >= 0.6 is 0 Å². The molecule has 0 atom stereocenters. The standard InChI is InChI=1S/C39H27N5/c1-25-28(21-22-40-2)39-41-23-24-42(39)37-33(25)34-29-17-9-11-19-31(29)43(26-13-5-3-6-14-26)36(34)35-30-18-10-12-20-32(30)44(38(35)37)27-15-7-4-8-16-27/h3-24H,2H2,1H3/b22-21-. The molecular weight excluding hydrogens is 538 g/mol. The molecule has 5 aromatic carbocycles. The van der Waals surface area contributed by atoms with Gasteiger partial charge < -0.3 is 9.13 Å². The van der Waals surface area contributed by atoms with Crippen LogP contribution in [0.2, 0.25) is 0 Å². The highest BCUT2D eigenvalue weighted by molar-refractivity contribution is 6.37. The van der Waals surface area contributed by atoms with Gasteiger partial charge in [0.15, 0.2) is 0 Å². The highest BCUT2D eigenvalue weighted by Gasteiger charge is 2.27. The van der Waals surface area contributed by atoms with Crippen molar-refractivity contribution in [2.24, 2.45) is 4.99 Å². The third kappa shape index (κ3) is 3.18. The van der Waals surface area contributed by atoms with Crippen LogP contribution in [0.4, 0.5) is 0 Å². The largest absolute Gasteiger partial charge is 0.309 e. The Morgan fingerprint density at radius 1 is 0.636 bits per heavy atom. The summed E-state index contributed by atoms with van der Waals surface area (Å²) in [5, 5.41) is 6.08. The number of hydrogen-bond acceptors (Lipinski definition) is 2. The van der Waals surface area contributed by atoms with Crippen LogP contribution in [-0.2, 0) is 0 Å². The number of pyridine rings is 1. The van der Waals surface area contributed by atoms with E-state index in [1.54, 1.807) is 6.20 Å². The number of fused-ring (bicyclic) bond motifs is 12. The zero-order chi connectivity index (χ0) is 29.4. The van der Waals surface area contributed by atoms with Gasteiger partial charge in [-0.15, -0.1) is 0 Å². The monoisotopic (exact) mass is 565 g/mol. The average molecular weight is 566 g/mol. The summed E-state index contributed by atoms with van der Waals surface area (Å²) in [7, 11) is 0. The van der Waals surface area contributed by atoms with Crippen molar-refractivity contribution in [1.82, 2.24) is 18.5 Å². The van der Waals surface area contributed by atoms with Gasteiger partial charge in [0, 0.05) is 62.5 Å². The minimum atomic E-state index is 0.896. The summed E-state index contributed by atoms with van der Waals surface area (Å²) < 4.78 is 7.14. The van der Waals surface area contributed by atoms with E-state index in [0.717, 1.165) is 44.7 Å². The first kappa shape index (κ1) is 24.6. The van der Waals surface area contributed by atoms with Gasteiger partial charge >= 0.3 is 0 Å². The van der Waals surface area contributed by atoms with Crippen LogP contribution in [0.5, 0.6) is 0 Å². The lowest BCUT2D eigenvalue weighted by Gasteiger charge is -2.17. The van der Waals surface area contributed by atoms with E-state index in [-0.39, 0.29) is 0 Å². The molecule has 5 nitrogen and oxygen atoms in total. The zero-order valence-electron chi connectivity index (χ0n) is 24.1. The maximum atomic E-state index is 4.88. The van der Waals surface area contributed by atoms with Gasteiger partial charge in [0.25, 0.3) is 0 Å². The fourth-order valence-corrected chi connectivity index (χ4v) is 7.27. The molecule has 0 fully saturated rings. The molecule has 9 rings (SSSR count). The van der Waals surface area contributed by atoms with Gasteiger partial charge in [0.05, 0.1) is 27.6 Å². The van der Waals surface area contributed by atoms with Gasteiger partial charge in [0.2, 0.25) is 0 Å². The molecule has 9 aromatic rings. The van der Waals surface area contributed by atoms with E-state index in [1.165, 1.54) is 38.0 Å². The smallest absolute Gasteiger partial charge is 0.144 e. The normalized spacial score (nSPS) is 12.2. The van der Waals surface area contributed by atoms with E-state index >= 15 is 0 Å². The summed E-state index contributed by atoms with van der Waals surface area (Å²) in [6.07, 6.45) is 7.77. The molecule has 0 saturated heterocycles. The van der Waals surface area contributed by atoms with Crippen molar-refractivity contribution >= 4 is 73.0 Å². The van der Waals surface area contributed by atoms with Gasteiger partial charge in [0.1, 0.15) is 5.65 Å². The quantitative estimate of drug-likeness (QED) is 0.196. The fourth-order valence-electron chi connectivity index (χ4n) is 7.27. The number of benzene rings is 5. The Kier molecular flexibility index (Phi) is 5.20. The maximum Gasteiger partial charge on any atom is 0.144 e. The Labute approximate surface area is 253 Å². The van der Waals surface area contributed by atoms with E-state index in [1.807, 2.05) is 12.3 Å². The van der Waals surface area contributed by atoms with Crippen molar-refractivity contribution in [2.45, 2.75) is 6.92 Å². The van der Waals surface area contributed by atoms with Gasteiger partial charge in [-0.3, -0.25) is 9.39 Å². The van der Waals surface area contributed by atoms with Crippen LogP contribution in [0.15, 0.2) is 133 Å². The molecule has 0 saturated carbocycles. The molecule has 0 radical (unpaired) electrons. The summed E-state index contributed by atoms with van der Waals surface area (Å²) in [5.41, 5.74) is 11.2. The van der Waals surface area contributed by atoms with E-state index < -0.39 is 0 Å². The lowest BCUT2D eigenvalue weighted by atomic mass is 9.96. The average Bonchev–Trinajstić information content (AvgIpc) is 3.78. The molecule has 44 heavy (non-hydrogen) atoms. The molecule has 0 bridgehead atoms. The van der Waals surface area contributed by atoms with Gasteiger partial charge in [-0.2, -0.15) is 0 Å². The summed E-state index contributed by atoms with van der Waals surface area (Å²) >= 11 is 0. The van der Waals surface area contributed by atoms with Crippen LogP contribution < -0.4 is 0 Å². The first-order valence-electron chi connectivity index (χ1n) is 14.8. The predicted molar refractivity (Wildman–Crippen MR) is 185 cm³/mol. The van der Waals surface area contributed by atoms with Crippen LogP contribution in [0.25, 0.3) is 77.6 Å². The molecule has 0 aliphatic heterocycles. The first-order chi connectivity index (χ1) is 21.8. The number of imidazole rings is 1. The topological polar surface area (TPSA) is 39.5 Å². The zero-order valence-corrected chi connectivity index (χ0v) is 24.1. The van der Waals surface area contributed by atoms with Crippen molar-refractivity contribution in [2.75, 3.05) is 0 Å². The summed E-state index contributed by atoms with van der Waals surface area (Å²) in [4.78, 5) is 8.93. The summed E-state index contributed by atoms with van der Waals surface area (Å²) in [6, 6.07) is 39.0. The highest BCUT2D eigenvalue weighted by Crippen LogP contribution is 2.48. The Morgan fingerprint density at radius 2 is 1.20 bits per heavy atom. The number of aromatic nitrogens is 4. The number of rotatable bonds is 4. The van der Waals surface area contributed by atoms with Gasteiger partial charge in [-0.1, -0.05) is 72.8 Å². The number of aliphatic imine (C=N–C) groups is 1. The molecule has 4 aromatic heterocycles. The third-order valence-electron chi connectivity index (χ3n) is 8.97. The molecule has 0 N–H and O–H groups in total. The predicted octanol–water partition coefficient (Wildman–Crippen LogP) is 9.66. The second-order valence-corrected chi connectivity index (χ2v) is 11.2.